The van der Waals surface area contributed by atoms with Gasteiger partial charge in [-0.2, -0.15) is 0 Å². The predicted molar refractivity (Wildman–Crippen MR) is 97.7 cm³/mol. The molecule has 0 aliphatic rings. The molecule has 0 saturated carbocycles. The molecule has 116 valence electrons. The van der Waals surface area contributed by atoms with E-state index in [9.17, 15) is 5.21 Å². The molecule has 0 bridgehead atoms. The van der Waals surface area contributed by atoms with Gasteiger partial charge >= 0.3 is 0 Å². The van der Waals surface area contributed by atoms with Crippen LogP contribution in [0.1, 0.15) is 11.1 Å². The third-order valence-corrected chi connectivity index (χ3v) is 4.24. The van der Waals surface area contributed by atoms with Crippen LogP contribution in [0.15, 0.2) is 84.0 Å². The summed E-state index contributed by atoms with van der Waals surface area (Å²) in [4.78, 5) is 4.74. The Balaban J connectivity index is 1.83. The summed E-state index contributed by atoms with van der Waals surface area (Å²) in [6, 6.07) is 26.1. The van der Waals surface area contributed by atoms with Crippen molar-refractivity contribution < 1.29 is 5.21 Å². The zero-order valence-electron chi connectivity index (χ0n) is 13.1. The topological polar surface area (TPSA) is 45.5 Å². The highest BCUT2D eigenvalue weighted by atomic mass is 16.4. The second kappa shape index (κ2) is 6.13. The van der Waals surface area contributed by atoms with Crippen LogP contribution in [0.25, 0.3) is 21.8 Å². The Kier molecular flexibility index (Phi) is 3.67. The maximum Gasteiger partial charge on any atom is 0.0911 e. The smallest absolute Gasteiger partial charge is 0.0911 e. The lowest BCUT2D eigenvalue weighted by Gasteiger charge is -2.09. The number of para-hydroxylation sites is 1. The second-order valence-electron chi connectivity index (χ2n) is 5.75. The molecular weight excluding hydrogens is 296 g/mol. The Morgan fingerprint density at radius 2 is 1.58 bits per heavy atom. The van der Waals surface area contributed by atoms with E-state index in [-0.39, 0.29) is 0 Å². The van der Waals surface area contributed by atoms with Gasteiger partial charge < -0.3 is 5.21 Å². The molecule has 24 heavy (non-hydrogen) atoms. The minimum atomic E-state index is 0.553. The molecule has 1 heterocycles. The highest BCUT2D eigenvalue weighted by Crippen LogP contribution is 2.24. The van der Waals surface area contributed by atoms with Gasteiger partial charge in [-0.3, -0.25) is 0 Å². The monoisotopic (exact) mass is 312 g/mol. The number of fused-ring (bicyclic) bond motifs is 2. The first-order valence-electron chi connectivity index (χ1n) is 7.89. The quantitative estimate of drug-likeness (QED) is 0.255. The number of benzene rings is 3. The number of rotatable bonds is 3. The van der Waals surface area contributed by atoms with Gasteiger partial charge in [0.2, 0.25) is 0 Å². The molecule has 3 nitrogen and oxygen atoms in total. The van der Waals surface area contributed by atoms with E-state index in [1.54, 1.807) is 0 Å². The van der Waals surface area contributed by atoms with Crippen LogP contribution in [0.4, 0.5) is 0 Å². The zero-order valence-corrected chi connectivity index (χ0v) is 13.1. The van der Waals surface area contributed by atoms with Gasteiger partial charge in [0.15, 0.2) is 0 Å². The fourth-order valence-electron chi connectivity index (χ4n) is 3.02. The van der Waals surface area contributed by atoms with Crippen molar-refractivity contribution in [3.05, 3.63) is 90.0 Å². The van der Waals surface area contributed by atoms with Crippen LogP contribution in [0.5, 0.6) is 0 Å². The van der Waals surface area contributed by atoms with Crippen molar-refractivity contribution in [3.63, 3.8) is 0 Å². The lowest BCUT2D eigenvalue weighted by Crippen LogP contribution is -2.06. The maximum atomic E-state index is 9.46. The average molecular weight is 312 g/mol. The molecule has 0 aliphatic heterocycles. The van der Waals surface area contributed by atoms with E-state index in [1.807, 2.05) is 60.7 Å². The van der Waals surface area contributed by atoms with Crippen LogP contribution in [-0.4, -0.2) is 15.9 Å². The summed E-state index contributed by atoms with van der Waals surface area (Å²) >= 11 is 0. The summed E-state index contributed by atoms with van der Waals surface area (Å²) in [5.41, 5.74) is 4.61. The Morgan fingerprint density at radius 3 is 2.42 bits per heavy atom. The molecule has 0 fully saturated rings. The van der Waals surface area contributed by atoms with E-state index in [4.69, 9.17) is 4.98 Å². The lowest BCUT2D eigenvalue weighted by atomic mass is 9.98. The fourth-order valence-corrected chi connectivity index (χ4v) is 3.02. The predicted octanol–water partition coefficient (Wildman–Crippen LogP) is 4.81. The van der Waals surface area contributed by atoms with Crippen LogP contribution < -0.4 is 0 Å². The Bertz CT molecular complexity index is 1040. The summed E-state index contributed by atoms with van der Waals surface area (Å²) in [7, 11) is 0. The summed E-state index contributed by atoms with van der Waals surface area (Å²) in [6.07, 6.45) is 0.553. The normalized spacial score (nSPS) is 11.9. The zero-order chi connectivity index (χ0) is 16.4. The van der Waals surface area contributed by atoms with Gasteiger partial charge in [-0.05, 0) is 29.3 Å². The molecule has 4 rings (SSSR count). The number of hydrogen-bond donors (Lipinski definition) is 1. The molecule has 0 aliphatic carbocycles. The molecule has 0 amide bonds. The largest absolute Gasteiger partial charge is 0.411 e. The highest BCUT2D eigenvalue weighted by Gasteiger charge is 2.10. The van der Waals surface area contributed by atoms with Crippen molar-refractivity contribution in [2.75, 3.05) is 0 Å². The highest BCUT2D eigenvalue weighted by molar-refractivity contribution is 6.04. The summed E-state index contributed by atoms with van der Waals surface area (Å²) in [6.45, 7) is 0. The molecule has 0 atom stereocenters. The first kappa shape index (κ1) is 14.4. The SMILES string of the molecule is ON=C(Cc1cccc2nc3ccccc3cc12)c1ccccc1. The van der Waals surface area contributed by atoms with E-state index >= 15 is 0 Å². The van der Waals surface area contributed by atoms with Crippen molar-refractivity contribution >= 4 is 27.5 Å². The molecule has 0 radical (unpaired) electrons. The van der Waals surface area contributed by atoms with Gasteiger partial charge in [0, 0.05) is 17.2 Å². The van der Waals surface area contributed by atoms with Gasteiger partial charge in [0.05, 0.1) is 16.7 Å². The summed E-state index contributed by atoms with van der Waals surface area (Å²) in [5.74, 6) is 0. The number of hydrogen-bond acceptors (Lipinski definition) is 3. The van der Waals surface area contributed by atoms with Crippen molar-refractivity contribution in [3.8, 4) is 0 Å². The van der Waals surface area contributed by atoms with Crippen LogP contribution in [0.3, 0.4) is 0 Å². The Labute approximate surface area is 139 Å². The first-order chi connectivity index (χ1) is 11.8. The van der Waals surface area contributed by atoms with Crippen LogP contribution in [-0.2, 0) is 6.42 Å². The molecule has 4 aromatic rings. The number of nitrogens with zero attached hydrogens (tertiary/aromatic N) is 2. The summed E-state index contributed by atoms with van der Waals surface area (Å²) in [5, 5.41) is 15.2. The van der Waals surface area contributed by atoms with Gasteiger partial charge in [-0.25, -0.2) is 4.98 Å². The van der Waals surface area contributed by atoms with Crippen molar-refractivity contribution in [2.24, 2.45) is 5.16 Å². The van der Waals surface area contributed by atoms with Crippen LogP contribution >= 0.6 is 0 Å². The molecule has 3 aromatic carbocycles. The van der Waals surface area contributed by atoms with Crippen LogP contribution in [0.2, 0.25) is 0 Å². The van der Waals surface area contributed by atoms with Crippen molar-refractivity contribution in [1.29, 1.82) is 0 Å². The fraction of sp³-hybridized carbons (Fsp3) is 0.0476. The standard InChI is InChI=1S/C21H16N2O/c24-23-21(15-7-2-1-3-8-15)14-16-10-6-12-20-18(16)13-17-9-4-5-11-19(17)22-20/h1-13,24H,14H2. The molecule has 1 N–H and O–H groups in total. The Morgan fingerprint density at radius 1 is 0.833 bits per heavy atom. The van der Waals surface area contributed by atoms with Crippen LogP contribution in [0, 0.1) is 0 Å². The van der Waals surface area contributed by atoms with Gasteiger partial charge in [0.1, 0.15) is 0 Å². The number of pyridine rings is 1. The third kappa shape index (κ3) is 2.61. The first-order valence-corrected chi connectivity index (χ1v) is 7.89. The Hall–Kier alpha value is -3.20. The molecule has 0 spiro atoms. The number of oxime groups is 1. The molecule has 0 unspecified atom stereocenters. The van der Waals surface area contributed by atoms with E-state index < -0.39 is 0 Å². The molecular formula is C21H16N2O. The van der Waals surface area contributed by atoms with Gasteiger partial charge in [-0.1, -0.05) is 65.8 Å². The molecule has 0 saturated heterocycles. The van der Waals surface area contributed by atoms with Gasteiger partial charge in [0.25, 0.3) is 0 Å². The number of aromatic nitrogens is 1. The second-order valence-corrected chi connectivity index (χ2v) is 5.75. The van der Waals surface area contributed by atoms with E-state index in [1.165, 1.54) is 0 Å². The van der Waals surface area contributed by atoms with E-state index in [2.05, 4.69) is 23.4 Å². The minimum Gasteiger partial charge on any atom is -0.411 e. The third-order valence-electron chi connectivity index (χ3n) is 4.24. The average Bonchev–Trinajstić information content (AvgIpc) is 2.65. The lowest BCUT2D eigenvalue weighted by molar-refractivity contribution is 0.318. The van der Waals surface area contributed by atoms with E-state index in [0.717, 1.165) is 32.9 Å². The van der Waals surface area contributed by atoms with Crippen molar-refractivity contribution in [1.82, 2.24) is 4.98 Å². The van der Waals surface area contributed by atoms with Gasteiger partial charge in [-0.15, -0.1) is 0 Å². The minimum absolute atomic E-state index is 0.553. The van der Waals surface area contributed by atoms with E-state index in [0.29, 0.717) is 12.1 Å². The summed E-state index contributed by atoms with van der Waals surface area (Å²) < 4.78 is 0. The maximum absolute atomic E-state index is 9.46. The molecule has 1 aromatic heterocycles. The van der Waals surface area contributed by atoms with Crippen molar-refractivity contribution in [2.45, 2.75) is 6.42 Å². The molecule has 3 heteroatoms.